The van der Waals surface area contributed by atoms with Crippen LogP contribution in [0, 0.1) is 0 Å². The highest BCUT2D eigenvalue weighted by Gasteiger charge is 2.31. The lowest BCUT2D eigenvalue weighted by Gasteiger charge is -2.10. The van der Waals surface area contributed by atoms with Crippen molar-refractivity contribution in [1.29, 1.82) is 0 Å². The Labute approximate surface area is 151 Å². The second-order valence-corrected chi connectivity index (χ2v) is 7.32. The normalized spacial score (nSPS) is 15.0. The van der Waals surface area contributed by atoms with Gasteiger partial charge >= 0.3 is 6.18 Å². The number of thiazole rings is 1. The third-order valence-electron chi connectivity index (χ3n) is 4.22. The number of halogens is 3. The Kier molecular flexibility index (Phi) is 5.45. The Morgan fingerprint density at radius 3 is 2.65 bits per heavy atom. The molecule has 5 nitrogen and oxygen atoms in total. The molecule has 1 amide bonds. The van der Waals surface area contributed by atoms with Crippen molar-refractivity contribution in [2.45, 2.75) is 51.2 Å². The van der Waals surface area contributed by atoms with E-state index in [2.05, 4.69) is 10.3 Å². The van der Waals surface area contributed by atoms with Gasteiger partial charge in [-0.1, -0.05) is 12.8 Å². The highest BCUT2D eigenvalue weighted by atomic mass is 32.1. The van der Waals surface area contributed by atoms with E-state index < -0.39 is 29.8 Å². The number of carbonyl (C=O) groups is 1. The van der Waals surface area contributed by atoms with Crippen molar-refractivity contribution in [2.75, 3.05) is 5.32 Å². The van der Waals surface area contributed by atoms with E-state index >= 15 is 0 Å². The minimum Gasteiger partial charge on any atom is -0.305 e. The van der Waals surface area contributed by atoms with Gasteiger partial charge in [0.25, 0.3) is 5.56 Å². The largest absolute Gasteiger partial charge is 0.417 e. The molecular formula is C17H18F3N3O2S. The molecule has 0 spiro atoms. The summed E-state index contributed by atoms with van der Waals surface area (Å²) in [5.41, 5.74) is -0.650. The van der Waals surface area contributed by atoms with E-state index in [4.69, 9.17) is 0 Å². The maximum atomic E-state index is 12.8. The highest BCUT2D eigenvalue weighted by Crippen LogP contribution is 2.29. The Morgan fingerprint density at radius 1 is 1.19 bits per heavy atom. The molecular weight excluding hydrogens is 367 g/mol. The fourth-order valence-electron chi connectivity index (χ4n) is 2.90. The van der Waals surface area contributed by atoms with Gasteiger partial charge in [0.15, 0.2) is 5.13 Å². The first-order valence-electron chi connectivity index (χ1n) is 8.39. The van der Waals surface area contributed by atoms with Gasteiger partial charge in [0.2, 0.25) is 5.91 Å². The molecule has 0 aliphatic heterocycles. The molecule has 3 rings (SSSR count). The summed E-state index contributed by atoms with van der Waals surface area (Å²) in [5, 5.41) is 3.03. The Bertz CT molecular complexity index is 832. The van der Waals surface area contributed by atoms with Crippen molar-refractivity contribution < 1.29 is 18.0 Å². The van der Waals surface area contributed by atoms with Crippen molar-refractivity contribution in [1.82, 2.24) is 9.55 Å². The lowest BCUT2D eigenvalue weighted by Crippen LogP contribution is -2.28. The number of rotatable bonds is 3. The van der Waals surface area contributed by atoms with Crippen LogP contribution in [0.3, 0.4) is 0 Å². The van der Waals surface area contributed by atoms with Gasteiger partial charge in [-0.2, -0.15) is 13.2 Å². The molecule has 2 aromatic heterocycles. The van der Waals surface area contributed by atoms with Crippen molar-refractivity contribution >= 4 is 22.4 Å². The number of hydrogen-bond donors (Lipinski definition) is 1. The summed E-state index contributed by atoms with van der Waals surface area (Å²) in [4.78, 5) is 29.5. The molecule has 9 heteroatoms. The zero-order chi connectivity index (χ0) is 18.7. The quantitative estimate of drug-likeness (QED) is 0.878. The summed E-state index contributed by atoms with van der Waals surface area (Å²) in [7, 11) is 0. The van der Waals surface area contributed by atoms with Crippen LogP contribution in [-0.4, -0.2) is 15.5 Å². The fraction of sp³-hybridized carbons (Fsp3) is 0.471. The number of hydrogen-bond acceptors (Lipinski definition) is 4. The second kappa shape index (κ2) is 7.61. The number of fused-ring (bicyclic) bond motifs is 1. The van der Waals surface area contributed by atoms with Gasteiger partial charge in [0, 0.05) is 17.1 Å². The Balaban J connectivity index is 1.71. The summed E-state index contributed by atoms with van der Waals surface area (Å²) < 4.78 is 39.0. The van der Waals surface area contributed by atoms with Gasteiger partial charge in [-0.05, 0) is 31.7 Å². The lowest BCUT2D eigenvalue weighted by molar-refractivity contribution is -0.138. The molecule has 2 heterocycles. The fourth-order valence-corrected chi connectivity index (χ4v) is 3.96. The molecule has 140 valence electrons. The van der Waals surface area contributed by atoms with Gasteiger partial charge in [0.05, 0.1) is 11.3 Å². The van der Waals surface area contributed by atoms with E-state index in [-0.39, 0.29) is 0 Å². The third kappa shape index (κ3) is 4.51. The van der Waals surface area contributed by atoms with E-state index in [1.54, 1.807) is 0 Å². The molecule has 0 bridgehead atoms. The van der Waals surface area contributed by atoms with E-state index in [0.717, 1.165) is 53.3 Å². The van der Waals surface area contributed by atoms with Gasteiger partial charge in [-0.25, -0.2) is 4.98 Å². The monoisotopic (exact) mass is 385 g/mol. The van der Waals surface area contributed by atoms with E-state index in [9.17, 15) is 22.8 Å². The summed E-state index contributed by atoms with van der Waals surface area (Å²) in [6, 6.07) is 1.52. The first-order chi connectivity index (χ1) is 12.3. The highest BCUT2D eigenvalue weighted by molar-refractivity contribution is 7.15. The third-order valence-corrected chi connectivity index (χ3v) is 5.29. The van der Waals surface area contributed by atoms with Crippen molar-refractivity contribution in [3.8, 4) is 0 Å². The maximum absolute atomic E-state index is 12.8. The minimum atomic E-state index is -4.57. The number of nitrogens with one attached hydrogen (secondary N) is 1. The molecule has 1 N–H and O–H groups in total. The molecule has 2 aromatic rings. The predicted octanol–water partition coefficient (Wildman–Crippen LogP) is 3.62. The van der Waals surface area contributed by atoms with E-state index in [1.165, 1.54) is 17.8 Å². The van der Waals surface area contributed by atoms with Gasteiger partial charge in [0.1, 0.15) is 6.54 Å². The lowest BCUT2D eigenvalue weighted by atomic mass is 10.0. The molecule has 0 saturated carbocycles. The van der Waals surface area contributed by atoms with Gasteiger partial charge in [-0.3, -0.25) is 9.59 Å². The van der Waals surface area contributed by atoms with Crippen LogP contribution in [0.4, 0.5) is 18.3 Å². The number of carbonyl (C=O) groups excluding carboxylic acids is 1. The zero-order valence-corrected chi connectivity index (χ0v) is 14.8. The Hall–Kier alpha value is -2.16. The van der Waals surface area contributed by atoms with Crippen LogP contribution < -0.4 is 10.9 Å². The van der Waals surface area contributed by atoms with Crippen LogP contribution >= 0.6 is 11.3 Å². The molecule has 0 atom stereocenters. The molecule has 0 aromatic carbocycles. The number of pyridine rings is 1. The van der Waals surface area contributed by atoms with Crippen molar-refractivity contribution in [2.24, 2.45) is 0 Å². The van der Waals surface area contributed by atoms with Crippen LogP contribution in [0.5, 0.6) is 0 Å². The first-order valence-corrected chi connectivity index (χ1v) is 9.21. The van der Waals surface area contributed by atoms with Crippen LogP contribution in [0.1, 0.15) is 41.8 Å². The van der Waals surface area contributed by atoms with E-state index in [1.807, 2.05) is 0 Å². The molecule has 26 heavy (non-hydrogen) atoms. The molecule has 0 radical (unpaired) electrons. The van der Waals surface area contributed by atoms with Gasteiger partial charge < -0.3 is 9.88 Å². The standard InChI is InChI=1S/C17H18F3N3O2S/c18-17(19,20)11-7-8-15(25)23(9-11)10-14(24)22-16-21-12-5-3-1-2-4-6-13(12)26-16/h7-9H,1-6,10H2,(H,21,22,24). The summed E-state index contributed by atoms with van der Waals surface area (Å²) in [5.74, 6) is -0.576. The number of alkyl halides is 3. The Morgan fingerprint density at radius 2 is 1.92 bits per heavy atom. The minimum absolute atomic E-state index is 0.432. The van der Waals surface area contributed by atoms with Crippen LogP contribution in [0.15, 0.2) is 23.1 Å². The second-order valence-electron chi connectivity index (χ2n) is 6.23. The number of aromatic nitrogens is 2. The average Bonchev–Trinajstić information content (AvgIpc) is 2.89. The first kappa shape index (κ1) is 18.6. The number of amides is 1. The van der Waals surface area contributed by atoms with Crippen molar-refractivity contribution in [3.05, 3.63) is 44.8 Å². The SMILES string of the molecule is O=C(Cn1cc(C(F)(F)F)ccc1=O)Nc1nc2c(s1)CCCCCC2. The van der Waals surface area contributed by atoms with Gasteiger partial charge in [-0.15, -0.1) is 11.3 Å². The van der Waals surface area contributed by atoms with Crippen LogP contribution in [-0.2, 0) is 30.4 Å². The number of aryl methyl sites for hydroxylation is 2. The number of nitrogens with zero attached hydrogens (tertiary/aromatic N) is 2. The molecule has 0 fully saturated rings. The number of anilines is 1. The maximum Gasteiger partial charge on any atom is 0.417 e. The average molecular weight is 385 g/mol. The molecule has 1 aliphatic carbocycles. The summed E-state index contributed by atoms with van der Waals surface area (Å²) in [6.45, 7) is -0.493. The molecule has 0 saturated heterocycles. The summed E-state index contributed by atoms with van der Waals surface area (Å²) >= 11 is 1.40. The molecule has 1 aliphatic rings. The topological polar surface area (TPSA) is 64.0 Å². The predicted molar refractivity (Wildman–Crippen MR) is 92.3 cm³/mol. The summed E-state index contributed by atoms with van der Waals surface area (Å²) in [6.07, 6.45) is 2.37. The van der Waals surface area contributed by atoms with Crippen LogP contribution in [0.2, 0.25) is 0 Å². The smallest absolute Gasteiger partial charge is 0.305 e. The van der Waals surface area contributed by atoms with E-state index in [0.29, 0.717) is 17.4 Å². The van der Waals surface area contributed by atoms with Crippen molar-refractivity contribution in [3.63, 3.8) is 0 Å². The molecule has 0 unspecified atom stereocenters. The van der Waals surface area contributed by atoms with Crippen LogP contribution in [0.25, 0.3) is 0 Å². The zero-order valence-electron chi connectivity index (χ0n) is 13.9.